The molecule has 1 aliphatic carbocycles. The minimum Gasteiger partial charge on any atom is -0.367 e. The first-order valence-corrected chi connectivity index (χ1v) is 8.50. The lowest BCUT2D eigenvalue weighted by atomic mass is 9.75. The number of nitrogens with one attached hydrogen (secondary N) is 1. The second-order valence-electron chi connectivity index (χ2n) is 7.58. The molecule has 1 amide bonds. The normalized spacial score (nSPS) is 22.3. The largest absolute Gasteiger partial charge is 0.367 e. The number of carbonyl (C=O) groups excluding carboxylic acids is 1. The molecule has 1 aliphatic heterocycles. The number of piperazine rings is 1. The maximum atomic E-state index is 11.9. The zero-order valence-electron chi connectivity index (χ0n) is 14.4. The van der Waals surface area contributed by atoms with Gasteiger partial charge in [-0.2, -0.15) is 0 Å². The fourth-order valence-electron chi connectivity index (χ4n) is 3.31. The van der Waals surface area contributed by atoms with Crippen molar-refractivity contribution in [1.82, 2.24) is 14.9 Å². The van der Waals surface area contributed by atoms with E-state index in [0.29, 0.717) is 18.0 Å². The second kappa shape index (κ2) is 6.34. The smallest absolute Gasteiger partial charge is 0.241 e. The highest BCUT2D eigenvalue weighted by Gasteiger charge is 2.27. The van der Waals surface area contributed by atoms with E-state index in [2.05, 4.69) is 29.1 Å². The third-order valence-electron chi connectivity index (χ3n) is 5.13. The molecule has 1 N–H and O–H groups in total. The SMILES string of the molecule is CN1CCN(c2cc(NC3CCC(C)(C)CC3)ncn2)CC1=O. The Morgan fingerprint density at radius 2 is 1.96 bits per heavy atom. The van der Waals surface area contributed by atoms with Crippen LogP contribution in [0.25, 0.3) is 0 Å². The first kappa shape index (κ1) is 16.0. The molecule has 0 spiro atoms. The lowest BCUT2D eigenvalue weighted by molar-refractivity contribution is -0.129. The van der Waals surface area contributed by atoms with Crippen LogP contribution in [0.5, 0.6) is 0 Å². The highest BCUT2D eigenvalue weighted by Crippen LogP contribution is 2.36. The van der Waals surface area contributed by atoms with Gasteiger partial charge in [0.05, 0.1) is 6.54 Å². The van der Waals surface area contributed by atoms with Crippen molar-refractivity contribution in [1.29, 1.82) is 0 Å². The standard InChI is InChI=1S/C17H27N5O/c1-17(2)6-4-13(5-7-17)20-14-10-15(19-12-18-14)22-9-8-21(3)16(23)11-22/h10,12-13H,4-9,11H2,1-3H3,(H,18,19,20). The number of nitrogens with zero attached hydrogens (tertiary/aromatic N) is 4. The van der Waals surface area contributed by atoms with Crippen molar-refractivity contribution in [3.8, 4) is 0 Å². The van der Waals surface area contributed by atoms with Crippen LogP contribution in [-0.4, -0.2) is 53.5 Å². The topological polar surface area (TPSA) is 61.4 Å². The molecule has 126 valence electrons. The summed E-state index contributed by atoms with van der Waals surface area (Å²) in [7, 11) is 1.84. The van der Waals surface area contributed by atoms with Crippen LogP contribution < -0.4 is 10.2 Å². The van der Waals surface area contributed by atoms with E-state index in [1.807, 2.05) is 18.0 Å². The fraction of sp³-hybridized carbons (Fsp3) is 0.706. The number of likely N-dealkylation sites (N-methyl/N-ethyl adjacent to an activating group) is 1. The molecule has 1 saturated heterocycles. The minimum absolute atomic E-state index is 0.138. The summed E-state index contributed by atoms with van der Waals surface area (Å²) in [4.78, 5) is 24.4. The Morgan fingerprint density at radius 1 is 1.22 bits per heavy atom. The van der Waals surface area contributed by atoms with Gasteiger partial charge >= 0.3 is 0 Å². The van der Waals surface area contributed by atoms with Crippen molar-refractivity contribution in [2.24, 2.45) is 5.41 Å². The van der Waals surface area contributed by atoms with E-state index >= 15 is 0 Å². The van der Waals surface area contributed by atoms with Crippen molar-refractivity contribution < 1.29 is 4.79 Å². The van der Waals surface area contributed by atoms with Gasteiger partial charge in [-0.05, 0) is 31.1 Å². The number of aromatic nitrogens is 2. The highest BCUT2D eigenvalue weighted by molar-refractivity contribution is 5.82. The quantitative estimate of drug-likeness (QED) is 0.925. The molecule has 2 fully saturated rings. The maximum absolute atomic E-state index is 11.9. The summed E-state index contributed by atoms with van der Waals surface area (Å²) < 4.78 is 0. The van der Waals surface area contributed by atoms with E-state index in [-0.39, 0.29) is 5.91 Å². The Kier molecular flexibility index (Phi) is 4.41. The Balaban J connectivity index is 1.63. The summed E-state index contributed by atoms with van der Waals surface area (Å²) in [5.74, 6) is 1.84. The van der Waals surface area contributed by atoms with Gasteiger partial charge in [-0.25, -0.2) is 9.97 Å². The van der Waals surface area contributed by atoms with Crippen molar-refractivity contribution in [2.45, 2.75) is 45.6 Å². The number of rotatable bonds is 3. The first-order valence-electron chi connectivity index (χ1n) is 8.50. The van der Waals surface area contributed by atoms with E-state index in [1.165, 1.54) is 25.7 Å². The van der Waals surface area contributed by atoms with Gasteiger partial charge in [-0.3, -0.25) is 4.79 Å². The Morgan fingerprint density at radius 3 is 2.65 bits per heavy atom. The predicted octanol–water partition coefficient (Wildman–Crippen LogP) is 2.14. The molecule has 0 aromatic carbocycles. The summed E-state index contributed by atoms with van der Waals surface area (Å²) >= 11 is 0. The van der Waals surface area contributed by atoms with Crippen LogP contribution in [0.15, 0.2) is 12.4 Å². The van der Waals surface area contributed by atoms with Gasteiger partial charge in [-0.1, -0.05) is 13.8 Å². The zero-order chi connectivity index (χ0) is 16.4. The van der Waals surface area contributed by atoms with Crippen LogP contribution in [0.4, 0.5) is 11.6 Å². The molecule has 23 heavy (non-hydrogen) atoms. The zero-order valence-corrected chi connectivity index (χ0v) is 14.4. The van der Waals surface area contributed by atoms with Gasteiger partial charge < -0.3 is 15.1 Å². The van der Waals surface area contributed by atoms with E-state index in [4.69, 9.17) is 0 Å². The lowest BCUT2D eigenvalue weighted by Crippen LogP contribution is -2.48. The van der Waals surface area contributed by atoms with Gasteiger partial charge in [0.2, 0.25) is 5.91 Å². The fourth-order valence-corrected chi connectivity index (χ4v) is 3.31. The van der Waals surface area contributed by atoms with Gasteiger partial charge in [0, 0.05) is 32.2 Å². The van der Waals surface area contributed by atoms with Gasteiger partial charge in [0.25, 0.3) is 0 Å². The van der Waals surface area contributed by atoms with Gasteiger partial charge in [0.15, 0.2) is 0 Å². The average molecular weight is 317 g/mol. The van der Waals surface area contributed by atoms with Gasteiger partial charge in [0.1, 0.15) is 18.0 Å². The summed E-state index contributed by atoms with van der Waals surface area (Å²) in [5.41, 5.74) is 0.467. The maximum Gasteiger partial charge on any atom is 0.241 e. The van der Waals surface area contributed by atoms with Crippen LogP contribution in [0.2, 0.25) is 0 Å². The first-order chi connectivity index (χ1) is 10.9. The van der Waals surface area contributed by atoms with Crippen LogP contribution in [-0.2, 0) is 4.79 Å². The third kappa shape index (κ3) is 3.92. The number of amides is 1. The van der Waals surface area contributed by atoms with E-state index < -0.39 is 0 Å². The molecule has 0 radical (unpaired) electrons. The average Bonchev–Trinajstić information content (AvgIpc) is 2.52. The number of hydrogen-bond acceptors (Lipinski definition) is 5. The summed E-state index contributed by atoms with van der Waals surface area (Å²) in [6, 6.07) is 2.46. The van der Waals surface area contributed by atoms with E-state index in [9.17, 15) is 4.79 Å². The molecule has 0 bridgehead atoms. The van der Waals surface area contributed by atoms with Crippen molar-refractivity contribution >= 4 is 17.5 Å². The van der Waals surface area contributed by atoms with Gasteiger partial charge in [-0.15, -0.1) is 0 Å². The Bertz CT molecular complexity index is 564. The molecular formula is C17H27N5O. The molecule has 2 heterocycles. The van der Waals surface area contributed by atoms with Crippen molar-refractivity contribution in [3.63, 3.8) is 0 Å². The number of hydrogen-bond donors (Lipinski definition) is 1. The summed E-state index contributed by atoms with van der Waals surface area (Å²) in [6.45, 7) is 6.64. The summed E-state index contributed by atoms with van der Waals surface area (Å²) in [6.07, 6.45) is 6.44. The molecule has 0 unspecified atom stereocenters. The van der Waals surface area contributed by atoms with Crippen molar-refractivity contribution in [3.05, 3.63) is 12.4 Å². The molecule has 1 aromatic heterocycles. The molecule has 1 saturated carbocycles. The van der Waals surface area contributed by atoms with Crippen LogP contribution >= 0.6 is 0 Å². The molecule has 0 atom stereocenters. The predicted molar refractivity (Wildman–Crippen MR) is 91.5 cm³/mol. The highest BCUT2D eigenvalue weighted by atomic mass is 16.2. The monoisotopic (exact) mass is 317 g/mol. The molecule has 3 rings (SSSR count). The Hall–Kier alpha value is -1.85. The van der Waals surface area contributed by atoms with Crippen LogP contribution in [0.1, 0.15) is 39.5 Å². The minimum atomic E-state index is 0.138. The molecule has 2 aliphatic rings. The molecule has 1 aromatic rings. The van der Waals surface area contributed by atoms with Crippen LogP contribution in [0, 0.1) is 5.41 Å². The lowest BCUT2D eigenvalue weighted by Gasteiger charge is -2.35. The number of carbonyl (C=O) groups is 1. The molecule has 6 nitrogen and oxygen atoms in total. The van der Waals surface area contributed by atoms with E-state index in [0.717, 1.165) is 24.7 Å². The third-order valence-corrected chi connectivity index (χ3v) is 5.13. The van der Waals surface area contributed by atoms with Crippen molar-refractivity contribution in [2.75, 3.05) is 36.9 Å². The second-order valence-corrected chi connectivity index (χ2v) is 7.58. The Labute approximate surface area is 138 Å². The number of anilines is 2. The molecule has 6 heteroatoms. The summed E-state index contributed by atoms with van der Waals surface area (Å²) in [5, 5.41) is 3.54. The molecular weight excluding hydrogens is 290 g/mol. The van der Waals surface area contributed by atoms with Crippen LogP contribution in [0.3, 0.4) is 0 Å². The van der Waals surface area contributed by atoms with E-state index in [1.54, 1.807) is 11.2 Å².